The summed E-state index contributed by atoms with van der Waals surface area (Å²) in [7, 11) is 0. The predicted octanol–water partition coefficient (Wildman–Crippen LogP) is 1.35. The molecule has 0 aromatic heterocycles. The van der Waals surface area contributed by atoms with Crippen molar-refractivity contribution in [1.82, 2.24) is 4.90 Å². The molecule has 2 aliphatic heterocycles. The lowest BCUT2D eigenvalue weighted by Crippen LogP contribution is -2.32. The number of fused-ring (bicyclic) bond motifs is 1. The van der Waals surface area contributed by atoms with Crippen LogP contribution >= 0.6 is 0 Å². The summed E-state index contributed by atoms with van der Waals surface area (Å²) < 4.78 is 5.10. The van der Waals surface area contributed by atoms with Gasteiger partial charge in [0, 0.05) is 25.2 Å². The largest absolute Gasteiger partial charge is 0.452 e. The van der Waals surface area contributed by atoms with Gasteiger partial charge in [0.25, 0.3) is 5.91 Å². The van der Waals surface area contributed by atoms with Crippen LogP contribution in [0.2, 0.25) is 0 Å². The van der Waals surface area contributed by atoms with Gasteiger partial charge >= 0.3 is 5.97 Å². The topological polar surface area (TPSA) is 75.7 Å². The van der Waals surface area contributed by atoms with Crippen molar-refractivity contribution in [3.8, 4) is 0 Å². The Balaban J connectivity index is 1.60. The van der Waals surface area contributed by atoms with E-state index in [-0.39, 0.29) is 18.4 Å². The van der Waals surface area contributed by atoms with E-state index in [1.165, 1.54) is 0 Å². The van der Waals surface area contributed by atoms with Gasteiger partial charge in [0.15, 0.2) is 6.61 Å². The number of carbonyl (C=O) groups is 3. The molecule has 0 spiro atoms. The van der Waals surface area contributed by atoms with Gasteiger partial charge in [0.2, 0.25) is 5.91 Å². The number of nitrogens with zero attached hydrogens (tertiary/aromatic N) is 1. The lowest BCUT2D eigenvalue weighted by atomic mass is 10.0. The highest BCUT2D eigenvalue weighted by Crippen LogP contribution is 2.23. The number of anilines is 1. The highest BCUT2D eigenvalue weighted by molar-refractivity contribution is 5.96. The predicted molar refractivity (Wildman–Crippen MR) is 79.5 cm³/mol. The number of benzene rings is 1. The molecule has 0 unspecified atom stereocenters. The molecule has 1 aromatic carbocycles. The fourth-order valence-electron chi connectivity index (χ4n) is 2.78. The second-order valence-electron chi connectivity index (χ2n) is 5.58. The number of hydrogen-bond acceptors (Lipinski definition) is 4. The van der Waals surface area contributed by atoms with Crippen LogP contribution in [0.1, 0.15) is 35.2 Å². The Kier molecular flexibility index (Phi) is 4.09. The molecule has 1 aromatic rings. The average Bonchev–Trinajstić information content (AvgIpc) is 3.06. The zero-order chi connectivity index (χ0) is 15.5. The molecule has 0 atom stereocenters. The van der Waals surface area contributed by atoms with E-state index in [2.05, 4.69) is 5.32 Å². The maximum absolute atomic E-state index is 12.0. The Morgan fingerprint density at radius 3 is 2.73 bits per heavy atom. The van der Waals surface area contributed by atoms with E-state index in [9.17, 15) is 14.4 Å². The van der Waals surface area contributed by atoms with E-state index >= 15 is 0 Å². The first-order valence-corrected chi connectivity index (χ1v) is 7.51. The van der Waals surface area contributed by atoms with Crippen molar-refractivity contribution < 1.29 is 19.1 Å². The highest BCUT2D eigenvalue weighted by Gasteiger charge is 2.21. The number of likely N-dealkylation sites (tertiary alicyclic amines) is 1. The molecule has 0 saturated carbocycles. The quantitative estimate of drug-likeness (QED) is 0.855. The summed E-state index contributed by atoms with van der Waals surface area (Å²) >= 11 is 0. The van der Waals surface area contributed by atoms with Crippen LogP contribution in [0, 0.1) is 0 Å². The standard InChI is InChI=1S/C16H18N2O4/c19-14-6-4-11-9-12(3-5-13(11)17-14)16(21)22-10-15(20)18-7-1-2-8-18/h3,5,9H,1-2,4,6-8,10H2,(H,17,19). The Morgan fingerprint density at radius 2 is 1.95 bits per heavy atom. The first kappa shape index (κ1) is 14.6. The zero-order valence-corrected chi connectivity index (χ0v) is 12.3. The molecule has 6 nitrogen and oxygen atoms in total. The summed E-state index contributed by atoms with van der Waals surface area (Å²) in [6.45, 7) is 1.27. The number of ether oxygens (including phenoxy) is 1. The molecule has 0 bridgehead atoms. The average molecular weight is 302 g/mol. The van der Waals surface area contributed by atoms with Crippen molar-refractivity contribution in [2.45, 2.75) is 25.7 Å². The van der Waals surface area contributed by atoms with Crippen molar-refractivity contribution in [3.63, 3.8) is 0 Å². The molecule has 0 aliphatic carbocycles. The zero-order valence-electron chi connectivity index (χ0n) is 12.3. The van der Waals surface area contributed by atoms with Crippen LogP contribution in [0.3, 0.4) is 0 Å². The first-order valence-electron chi connectivity index (χ1n) is 7.51. The minimum atomic E-state index is -0.507. The first-order chi connectivity index (χ1) is 10.6. The van der Waals surface area contributed by atoms with Gasteiger partial charge in [-0.1, -0.05) is 0 Å². The van der Waals surface area contributed by atoms with Gasteiger partial charge in [-0.05, 0) is 43.0 Å². The number of hydrogen-bond donors (Lipinski definition) is 1. The minimum absolute atomic E-state index is 0.0148. The fourth-order valence-corrected chi connectivity index (χ4v) is 2.78. The second kappa shape index (κ2) is 6.17. The highest BCUT2D eigenvalue weighted by atomic mass is 16.5. The molecule has 1 fully saturated rings. The third-order valence-electron chi connectivity index (χ3n) is 4.02. The van der Waals surface area contributed by atoms with Gasteiger partial charge in [-0.25, -0.2) is 4.79 Å². The van der Waals surface area contributed by atoms with Crippen LogP contribution in [0.4, 0.5) is 5.69 Å². The molecule has 6 heteroatoms. The van der Waals surface area contributed by atoms with Crippen molar-refractivity contribution in [2.75, 3.05) is 25.0 Å². The maximum atomic E-state index is 12.0. The van der Waals surface area contributed by atoms with Crippen LogP contribution in [0.25, 0.3) is 0 Å². The SMILES string of the molecule is O=C1CCc2cc(C(=O)OCC(=O)N3CCCC3)ccc2N1. The Bertz CT molecular complexity index is 621. The molecule has 2 aliphatic rings. The second-order valence-corrected chi connectivity index (χ2v) is 5.58. The summed E-state index contributed by atoms with van der Waals surface area (Å²) in [6.07, 6.45) is 3.04. The van der Waals surface area contributed by atoms with E-state index in [1.807, 2.05) is 0 Å². The minimum Gasteiger partial charge on any atom is -0.452 e. The fraction of sp³-hybridized carbons (Fsp3) is 0.438. The van der Waals surface area contributed by atoms with Crippen molar-refractivity contribution in [2.24, 2.45) is 0 Å². The molecule has 2 amide bonds. The molecule has 0 radical (unpaired) electrons. The van der Waals surface area contributed by atoms with Gasteiger partial charge in [-0.3, -0.25) is 9.59 Å². The monoisotopic (exact) mass is 302 g/mol. The van der Waals surface area contributed by atoms with Gasteiger partial charge < -0.3 is 15.0 Å². The molecule has 3 rings (SSSR count). The normalized spacial score (nSPS) is 16.9. The van der Waals surface area contributed by atoms with Crippen molar-refractivity contribution in [1.29, 1.82) is 0 Å². The molecule has 22 heavy (non-hydrogen) atoms. The number of amides is 2. The summed E-state index contributed by atoms with van der Waals surface area (Å²) in [5.74, 6) is -0.664. The number of rotatable bonds is 3. The Labute approximate surface area is 128 Å². The van der Waals surface area contributed by atoms with Crippen molar-refractivity contribution in [3.05, 3.63) is 29.3 Å². The molecule has 1 N–H and O–H groups in total. The van der Waals surface area contributed by atoms with E-state index < -0.39 is 5.97 Å². The Hall–Kier alpha value is -2.37. The van der Waals surface area contributed by atoms with Crippen molar-refractivity contribution >= 4 is 23.5 Å². The smallest absolute Gasteiger partial charge is 0.338 e. The number of esters is 1. The summed E-state index contributed by atoms with van der Waals surface area (Å²) in [5.41, 5.74) is 2.06. The number of nitrogens with one attached hydrogen (secondary N) is 1. The van der Waals surface area contributed by atoms with Gasteiger partial charge in [0.1, 0.15) is 0 Å². The van der Waals surface area contributed by atoms with E-state index in [4.69, 9.17) is 4.74 Å². The molecule has 116 valence electrons. The van der Waals surface area contributed by atoms with Gasteiger partial charge in [0.05, 0.1) is 5.56 Å². The van der Waals surface area contributed by atoms with Crippen LogP contribution in [0.5, 0.6) is 0 Å². The summed E-state index contributed by atoms with van der Waals surface area (Å²) in [6, 6.07) is 5.02. The number of aryl methyl sites for hydroxylation is 1. The van der Waals surface area contributed by atoms with E-state index in [0.29, 0.717) is 18.4 Å². The third-order valence-corrected chi connectivity index (χ3v) is 4.02. The van der Waals surface area contributed by atoms with E-state index in [0.717, 1.165) is 37.2 Å². The van der Waals surface area contributed by atoms with Crippen LogP contribution in [-0.4, -0.2) is 42.4 Å². The summed E-state index contributed by atoms with van der Waals surface area (Å²) in [4.78, 5) is 36.9. The molecule has 1 saturated heterocycles. The lowest BCUT2D eigenvalue weighted by Gasteiger charge is -2.17. The van der Waals surface area contributed by atoms with Gasteiger partial charge in [-0.2, -0.15) is 0 Å². The van der Waals surface area contributed by atoms with Gasteiger partial charge in [-0.15, -0.1) is 0 Å². The van der Waals surface area contributed by atoms with Crippen LogP contribution in [-0.2, 0) is 20.7 Å². The van der Waals surface area contributed by atoms with Crippen LogP contribution in [0.15, 0.2) is 18.2 Å². The van der Waals surface area contributed by atoms with Crippen LogP contribution < -0.4 is 5.32 Å². The molecular weight excluding hydrogens is 284 g/mol. The molecular formula is C16H18N2O4. The number of carbonyl (C=O) groups excluding carboxylic acids is 3. The lowest BCUT2D eigenvalue weighted by molar-refractivity contribution is -0.133. The summed E-state index contributed by atoms with van der Waals surface area (Å²) in [5, 5.41) is 2.76. The molecule has 2 heterocycles. The maximum Gasteiger partial charge on any atom is 0.338 e. The Morgan fingerprint density at radius 1 is 1.18 bits per heavy atom. The van der Waals surface area contributed by atoms with E-state index in [1.54, 1.807) is 23.1 Å². The third kappa shape index (κ3) is 3.10.